The highest BCUT2D eigenvalue weighted by molar-refractivity contribution is 5.82. The van der Waals surface area contributed by atoms with Crippen molar-refractivity contribution in [3.05, 3.63) is 11.3 Å². The fourth-order valence-corrected chi connectivity index (χ4v) is 9.49. The first-order valence-electron chi connectivity index (χ1n) is 31.2. The summed E-state index contributed by atoms with van der Waals surface area (Å²) in [4.78, 5) is 57.4. The number of unbranched alkanes of at least 4 members (excludes halogenated alkanes) is 14. The molecule has 0 aromatic carbocycles. The van der Waals surface area contributed by atoms with Crippen molar-refractivity contribution in [2.75, 3.05) is 26.4 Å². The van der Waals surface area contributed by atoms with Crippen LogP contribution in [0.3, 0.4) is 0 Å². The molecule has 436 valence electrons. The number of allylic oxidation sites excluding steroid dienone is 2. The van der Waals surface area contributed by atoms with Crippen LogP contribution in [0.1, 0.15) is 301 Å². The molecule has 0 aliphatic heterocycles. The van der Waals surface area contributed by atoms with Crippen LogP contribution in [0.4, 0.5) is 0 Å². The van der Waals surface area contributed by atoms with Crippen molar-refractivity contribution in [3.63, 3.8) is 0 Å². The molecule has 6 atom stereocenters. The summed E-state index contributed by atoms with van der Waals surface area (Å²) in [5, 5.41) is 8.52. The second-order valence-corrected chi connectivity index (χ2v) is 21.9. The number of rotatable bonds is 40. The molecule has 10 nitrogen and oxygen atoms in total. The predicted molar refractivity (Wildman–Crippen MR) is 308 cm³/mol. The van der Waals surface area contributed by atoms with E-state index in [1.807, 2.05) is 13.8 Å². The number of hydrogen-bond acceptors (Lipinski definition) is 9. The third-order valence-electron chi connectivity index (χ3n) is 15.2. The zero-order valence-corrected chi connectivity index (χ0v) is 50.5. The fraction of sp³-hybridized carbons (Fsp3) is 0.891. The number of ether oxygens (including phenoxy) is 4. The van der Waals surface area contributed by atoms with Crippen molar-refractivity contribution in [1.82, 2.24) is 0 Å². The highest BCUT2D eigenvalue weighted by Gasteiger charge is 2.31. The number of aliphatic carboxylic acids is 1. The van der Waals surface area contributed by atoms with Gasteiger partial charge >= 0.3 is 23.9 Å². The van der Waals surface area contributed by atoms with Crippen molar-refractivity contribution >= 4 is 29.7 Å². The van der Waals surface area contributed by atoms with Gasteiger partial charge in [-0.25, -0.2) is 0 Å². The summed E-state index contributed by atoms with van der Waals surface area (Å²) in [6, 6.07) is 0. The van der Waals surface area contributed by atoms with E-state index >= 15 is 0 Å². The van der Waals surface area contributed by atoms with Gasteiger partial charge in [-0.2, -0.15) is 0 Å². The van der Waals surface area contributed by atoms with E-state index in [4.69, 9.17) is 24.1 Å². The maximum Gasteiger partial charge on any atom is 0.306 e. The quantitative estimate of drug-likeness (QED) is 0.0273. The smallest absolute Gasteiger partial charge is 0.306 e. The lowest BCUT2D eigenvalue weighted by Crippen LogP contribution is -2.29. The molecule has 0 bridgehead atoms. The van der Waals surface area contributed by atoms with Gasteiger partial charge in [-0.1, -0.05) is 205 Å². The predicted octanol–water partition coefficient (Wildman–Crippen LogP) is 18.3. The minimum absolute atomic E-state index is 0.0119. The molecule has 0 radical (unpaired) electrons. The van der Waals surface area contributed by atoms with Crippen LogP contribution < -0.4 is 0 Å². The standard InChI is InChI=1S/C30H52O4.C12H22O4.C11H24.C9H16O2.C2H6/c1-3-5-7-9-11-13-20-33-29(27-18-19-27)23-25(22-28(31)26-16-15-17-26)24-30(32)34-21-14-12-10-8-6-4-2;1-3-4-5-6-7-16-12(15)9-10(2)8-11(13)14;1-5-8-9-11(7-3)10(4)6-2;1-3-8-4-5-9(8)6-11-7(2)10;1-2/h25-26H,3-24H2,1-2H3;10H,3-9H2,1-2H3,(H,13,14);10-11H,5-9H2,1-4H3;8-9H,3-6H2,1-2H3;1-2H3. The van der Waals surface area contributed by atoms with Gasteiger partial charge in [0.25, 0.3) is 0 Å². The first-order valence-corrected chi connectivity index (χ1v) is 31.2. The van der Waals surface area contributed by atoms with Crippen LogP contribution in [-0.2, 0) is 42.9 Å². The third-order valence-corrected chi connectivity index (χ3v) is 15.2. The number of carboxylic acids is 1. The maximum absolute atomic E-state index is 12.7. The van der Waals surface area contributed by atoms with Gasteiger partial charge in [0.15, 0.2) is 0 Å². The van der Waals surface area contributed by atoms with Crippen LogP contribution in [0.15, 0.2) is 11.3 Å². The first-order chi connectivity index (χ1) is 35.7. The van der Waals surface area contributed by atoms with Gasteiger partial charge in [-0.05, 0) is 98.9 Å². The zero-order valence-electron chi connectivity index (χ0n) is 50.5. The molecular weight excluding hydrogens is 929 g/mol. The lowest BCUT2D eigenvalue weighted by molar-refractivity contribution is -0.146. The monoisotopic (exact) mass is 1050 g/mol. The van der Waals surface area contributed by atoms with Crippen molar-refractivity contribution in [2.24, 2.45) is 41.4 Å². The number of hydrogen-bond donors (Lipinski definition) is 1. The summed E-state index contributed by atoms with van der Waals surface area (Å²) in [5.41, 5.74) is 1.40. The van der Waals surface area contributed by atoms with Gasteiger partial charge < -0.3 is 24.1 Å². The molecule has 3 fully saturated rings. The first kappa shape index (κ1) is 73.2. The zero-order chi connectivity index (χ0) is 55.8. The Balaban J connectivity index is 0. The van der Waals surface area contributed by atoms with E-state index in [0.717, 1.165) is 114 Å². The Labute approximate surface area is 456 Å². The average molecular weight is 1050 g/mol. The van der Waals surface area contributed by atoms with E-state index in [-0.39, 0.29) is 48.5 Å². The minimum Gasteiger partial charge on any atom is -0.498 e. The molecule has 0 spiro atoms. The molecule has 0 heterocycles. The minimum atomic E-state index is -0.872. The van der Waals surface area contributed by atoms with Gasteiger partial charge in [-0.3, -0.25) is 24.0 Å². The van der Waals surface area contributed by atoms with Gasteiger partial charge in [0.2, 0.25) is 0 Å². The number of ketones is 1. The van der Waals surface area contributed by atoms with Crippen molar-refractivity contribution < 1.29 is 48.0 Å². The number of carbonyl (C=O) groups is 5. The molecule has 3 aliphatic rings. The van der Waals surface area contributed by atoms with E-state index in [1.165, 1.54) is 122 Å². The summed E-state index contributed by atoms with van der Waals surface area (Å²) in [7, 11) is 0. The Morgan fingerprint density at radius 1 is 0.541 bits per heavy atom. The molecule has 0 aromatic heterocycles. The Bertz CT molecular complexity index is 1400. The second-order valence-electron chi connectivity index (χ2n) is 21.9. The van der Waals surface area contributed by atoms with Crippen LogP contribution in [0.5, 0.6) is 0 Å². The summed E-state index contributed by atoms with van der Waals surface area (Å²) in [6.45, 7) is 27.7. The Hall–Kier alpha value is -2.91. The largest absolute Gasteiger partial charge is 0.498 e. The summed E-state index contributed by atoms with van der Waals surface area (Å²) in [5.74, 6) is 3.45. The number of esters is 3. The van der Waals surface area contributed by atoms with Crippen LogP contribution in [0.2, 0.25) is 0 Å². The lowest BCUT2D eigenvalue weighted by atomic mass is 9.73. The van der Waals surface area contributed by atoms with Gasteiger partial charge in [-0.15, -0.1) is 0 Å². The topological polar surface area (TPSA) is 142 Å². The van der Waals surface area contributed by atoms with Gasteiger partial charge in [0.1, 0.15) is 5.78 Å². The molecule has 1 N–H and O–H groups in total. The van der Waals surface area contributed by atoms with Crippen LogP contribution in [0.25, 0.3) is 0 Å². The number of Topliss-reactive ketones (excluding diaryl/α,β-unsaturated/α-hetero) is 1. The SMILES string of the molecule is CC.CCC1CCC1COC(C)=O.CCCCC(CC)C(C)CC.CCCCCCCCOC(=O)CC(CC(=O)C1CCC1)CC(OCCCCCCCC)=C1CC1.CCCCCCOC(=O)CC(C)CC(=O)O. The highest BCUT2D eigenvalue weighted by Crippen LogP contribution is 2.38. The van der Waals surface area contributed by atoms with Crippen LogP contribution in [0, 0.1) is 41.4 Å². The molecule has 0 saturated heterocycles. The van der Waals surface area contributed by atoms with E-state index in [0.29, 0.717) is 44.4 Å². The van der Waals surface area contributed by atoms with Crippen molar-refractivity contribution in [3.8, 4) is 0 Å². The molecule has 3 saturated carbocycles. The van der Waals surface area contributed by atoms with E-state index in [9.17, 15) is 24.0 Å². The van der Waals surface area contributed by atoms with E-state index in [1.54, 1.807) is 6.92 Å². The van der Waals surface area contributed by atoms with E-state index in [2.05, 4.69) is 55.4 Å². The highest BCUT2D eigenvalue weighted by atomic mass is 16.5. The number of carbonyl (C=O) groups excluding carboxylic acids is 4. The third kappa shape index (κ3) is 42.2. The molecule has 6 unspecified atom stereocenters. The van der Waals surface area contributed by atoms with Crippen molar-refractivity contribution in [1.29, 1.82) is 0 Å². The normalized spacial score (nSPS) is 16.9. The Morgan fingerprint density at radius 2 is 1.03 bits per heavy atom. The van der Waals surface area contributed by atoms with Crippen LogP contribution in [-0.4, -0.2) is 61.2 Å². The molecule has 0 amide bonds. The van der Waals surface area contributed by atoms with E-state index < -0.39 is 5.97 Å². The Kier molecular flexibility index (Phi) is 50.3. The fourth-order valence-electron chi connectivity index (χ4n) is 9.49. The average Bonchev–Trinajstić information content (AvgIpc) is 4.19. The molecular formula is C64H120O10. The maximum atomic E-state index is 12.7. The summed E-state index contributed by atoms with van der Waals surface area (Å²) < 4.78 is 21.7. The summed E-state index contributed by atoms with van der Waals surface area (Å²) in [6.07, 6.45) is 36.8. The Morgan fingerprint density at radius 3 is 1.45 bits per heavy atom. The van der Waals surface area contributed by atoms with Gasteiger partial charge in [0, 0.05) is 44.9 Å². The number of carboxylic acid groups (broad SMARTS) is 1. The summed E-state index contributed by atoms with van der Waals surface area (Å²) >= 11 is 0. The van der Waals surface area contributed by atoms with Gasteiger partial charge in [0.05, 0.1) is 32.2 Å². The lowest BCUT2D eigenvalue weighted by Gasteiger charge is -2.35. The molecule has 3 aliphatic carbocycles. The van der Waals surface area contributed by atoms with Crippen LogP contribution >= 0.6 is 0 Å². The molecule has 0 aromatic rings. The second kappa shape index (κ2) is 50.9. The van der Waals surface area contributed by atoms with Crippen molar-refractivity contribution in [2.45, 2.75) is 301 Å². The molecule has 3 rings (SSSR count). The molecule has 74 heavy (non-hydrogen) atoms. The molecule has 10 heteroatoms.